The highest BCUT2D eigenvalue weighted by Gasteiger charge is 2.73. The van der Waals surface area contributed by atoms with Gasteiger partial charge in [-0.25, -0.2) is 4.39 Å². The number of likely N-dealkylation sites (tertiary alicyclic amines) is 1. The lowest BCUT2D eigenvalue weighted by atomic mass is 9.48. The Labute approximate surface area is 210 Å². The fourth-order valence-electron chi connectivity index (χ4n) is 7.98. The van der Waals surface area contributed by atoms with Crippen LogP contribution in [0.3, 0.4) is 0 Å². The maximum absolute atomic E-state index is 13.7. The fraction of sp³-hybridized carbons (Fsp3) is 0.552. The molecule has 5 atom stereocenters. The Morgan fingerprint density at radius 3 is 2.83 bits per heavy atom. The van der Waals surface area contributed by atoms with Crippen molar-refractivity contribution >= 4 is 5.91 Å². The monoisotopic (exact) mass is 492 g/mol. The van der Waals surface area contributed by atoms with Gasteiger partial charge in [0, 0.05) is 25.2 Å². The number of hydrogen-bond acceptors (Lipinski definition) is 5. The van der Waals surface area contributed by atoms with Gasteiger partial charge in [-0.05, 0) is 80.3 Å². The standard InChI is InChI=1S/C29H33FN2O4/c1-31(24(34)14-18-3-2-4-20(30)13-18)21-9-10-29(35)23-15-19-7-8-22(33)26-25(19)28(29,27(21)36-26)11-12-32(23)16-17-5-6-17/h2-4,7-8,13,17,21,23,27,33,35H,5-6,9-12,14-16H2,1H3/t21-,23-,27-,28-,29+/m0/s1. The molecule has 2 aliphatic heterocycles. The van der Waals surface area contributed by atoms with Crippen LogP contribution < -0.4 is 4.74 Å². The van der Waals surface area contributed by atoms with Crippen LogP contribution in [0.25, 0.3) is 0 Å². The summed E-state index contributed by atoms with van der Waals surface area (Å²) in [5.74, 6) is 0.871. The maximum Gasteiger partial charge on any atom is 0.227 e. The van der Waals surface area contributed by atoms with E-state index in [1.807, 2.05) is 6.07 Å². The van der Waals surface area contributed by atoms with Crippen molar-refractivity contribution in [1.29, 1.82) is 0 Å². The van der Waals surface area contributed by atoms with E-state index in [4.69, 9.17) is 4.74 Å². The average Bonchev–Trinajstić information content (AvgIpc) is 3.59. The van der Waals surface area contributed by atoms with Gasteiger partial charge < -0.3 is 19.8 Å². The van der Waals surface area contributed by atoms with Crippen LogP contribution in [0.1, 0.15) is 48.8 Å². The Kier molecular flexibility index (Phi) is 4.81. The summed E-state index contributed by atoms with van der Waals surface area (Å²) >= 11 is 0. The number of phenolic OH excluding ortho intramolecular Hbond substituents is 1. The van der Waals surface area contributed by atoms with Gasteiger partial charge in [0.2, 0.25) is 5.91 Å². The molecule has 2 bridgehead atoms. The van der Waals surface area contributed by atoms with E-state index in [2.05, 4.69) is 4.90 Å². The van der Waals surface area contributed by atoms with Gasteiger partial charge in [-0.3, -0.25) is 9.69 Å². The van der Waals surface area contributed by atoms with E-state index in [1.165, 1.54) is 25.0 Å². The van der Waals surface area contributed by atoms with Gasteiger partial charge in [0.15, 0.2) is 11.5 Å². The fourth-order valence-corrected chi connectivity index (χ4v) is 7.98. The van der Waals surface area contributed by atoms with Crippen LogP contribution in [0, 0.1) is 11.7 Å². The van der Waals surface area contributed by atoms with Crippen LogP contribution in [0.15, 0.2) is 36.4 Å². The summed E-state index contributed by atoms with van der Waals surface area (Å²) in [5, 5.41) is 23.4. The molecule has 3 aliphatic carbocycles. The summed E-state index contributed by atoms with van der Waals surface area (Å²) in [5.41, 5.74) is 1.12. The first-order valence-electron chi connectivity index (χ1n) is 13.3. The third kappa shape index (κ3) is 2.99. The first kappa shape index (κ1) is 22.5. The Morgan fingerprint density at radius 2 is 2.06 bits per heavy atom. The summed E-state index contributed by atoms with van der Waals surface area (Å²) < 4.78 is 20.3. The minimum atomic E-state index is -0.972. The number of piperidine rings is 1. The van der Waals surface area contributed by atoms with E-state index in [0.29, 0.717) is 24.2 Å². The molecule has 7 rings (SSSR count). The summed E-state index contributed by atoms with van der Waals surface area (Å²) in [6.07, 6.45) is 4.90. The number of rotatable bonds is 5. The Morgan fingerprint density at radius 1 is 1.22 bits per heavy atom. The molecule has 2 N–H and O–H groups in total. The van der Waals surface area contributed by atoms with Crippen molar-refractivity contribution < 1.29 is 24.1 Å². The molecule has 1 saturated heterocycles. The molecule has 2 saturated carbocycles. The van der Waals surface area contributed by atoms with Gasteiger partial charge in [0.05, 0.1) is 23.5 Å². The summed E-state index contributed by atoms with van der Waals surface area (Å²) in [6.45, 7) is 1.91. The minimum absolute atomic E-state index is 0.00944. The van der Waals surface area contributed by atoms with E-state index in [1.54, 1.807) is 30.1 Å². The zero-order valence-corrected chi connectivity index (χ0v) is 20.6. The number of phenols is 1. The van der Waals surface area contributed by atoms with Crippen LogP contribution in [-0.4, -0.2) is 69.8 Å². The lowest BCUT2D eigenvalue weighted by molar-refractivity contribution is -0.200. The molecule has 190 valence electrons. The molecule has 5 aliphatic rings. The zero-order valence-electron chi connectivity index (χ0n) is 20.6. The molecule has 0 unspecified atom stereocenters. The van der Waals surface area contributed by atoms with Crippen LogP contribution in [-0.2, 0) is 23.1 Å². The quantitative estimate of drug-likeness (QED) is 0.671. The first-order valence-corrected chi connectivity index (χ1v) is 13.3. The highest BCUT2D eigenvalue weighted by Crippen LogP contribution is 2.66. The van der Waals surface area contributed by atoms with Crippen molar-refractivity contribution in [2.24, 2.45) is 5.92 Å². The molecular formula is C29H33FN2O4. The highest BCUT2D eigenvalue weighted by atomic mass is 19.1. The number of halogens is 1. The lowest BCUT2D eigenvalue weighted by Crippen LogP contribution is -2.78. The Bertz CT molecular complexity index is 1250. The molecule has 7 heteroatoms. The van der Waals surface area contributed by atoms with Crippen molar-refractivity contribution in [3.05, 3.63) is 58.9 Å². The van der Waals surface area contributed by atoms with Crippen molar-refractivity contribution in [3.63, 3.8) is 0 Å². The molecule has 2 aromatic rings. The molecule has 2 heterocycles. The van der Waals surface area contributed by atoms with Crippen LogP contribution in [0.2, 0.25) is 0 Å². The van der Waals surface area contributed by atoms with Gasteiger partial charge in [-0.2, -0.15) is 0 Å². The van der Waals surface area contributed by atoms with E-state index >= 15 is 0 Å². The summed E-state index contributed by atoms with van der Waals surface area (Å²) in [6, 6.07) is 9.63. The van der Waals surface area contributed by atoms with Gasteiger partial charge >= 0.3 is 0 Å². The van der Waals surface area contributed by atoms with Gasteiger partial charge in [0.25, 0.3) is 0 Å². The van der Waals surface area contributed by atoms with Gasteiger partial charge in [-0.15, -0.1) is 0 Å². The van der Waals surface area contributed by atoms with E-state index < -0.39 is 17.1 Å². The number of aliphatic hydroxyl groups is 1. The second-order valence-corrected chi connectivity index (χ2v) is 11.7. The first-order chi connectivity index (χ1) is 17.3. The topological polar surface area (TPSA) is 73.2 Å². The minimum Gasteiger partial charge on any atom is -0.504 e. The number of hydrogen-bond donors (Lipinski definition) is 2. The Hall–Kier alpha value is -2.64. The van der Waals surface area contributed by atoms with Crippen molar-refractivity contribution in [3.8, 4) is 11.5 Å². The third-order valence-electron chi connectivity index (χ3n) is 9.87. The molecule has 36 heavy (non-hydrogen) atoms. The molecular weight excluding hydrogens is 459 g/mol. The van der Waals surface area contributed by atoms with Crippen LogP contribution in [0.4, 0.5) is 4.39 Å². The third-order valence-corrected chi connectivity index (χ3v) is 9.87. The summed E-state index contributed by atoms with van der Waals surface area (Å²) in [7, 11) is 1.79. The summed E-state index contributed by atoms with van der Waals surface area (Å²) in [4.78, 5) is 17.6. The number of carbonyl (C=O) groups is 1. The normalized spacial score (nSPS) is 34.1. The predicted octanol–water partition coefficient (Wildman–Crippen LogP) is 3.17. The van der Waals surface area contributed by atoms with Gasteiger partial charge in [0.1, 0.15) is 11.9 Å². The van der Waals surface area contributed by atoms with E-state index in [-0.39, 0.29) is 36.0 Å². The van der Waals surface area contributed by atoms with E-state index in [0.717, 1.165) is 43.0 Å². The molecule has 1 amide bonds. The molecule has 2 aromatic carbocycles. The lowest BCUT2D eigenvalue weighted by Gasteiger charge is -2.64. The Balaban J connectivity index is 1.26. The second kappa shape index (κ2) is 7.68. The molecule has 0 radical (unpaired) electrons. The van der Waals surface area contributed by atoms with Crippen LogP contribution in [0.5, 0.6) is 11.5 Å². The maximum atomic E-state index is 13.7. The van der Waals surface area contributed by atoms with Crippen molar-refractivity contribution in [2.45, 2.75) is 74.1 Å². The average molecular weight is 493 g/mol. The number of likely N-dealkylation sites (N-methyl/N-ethyl adjacent to an activating group) is 1. The second-order valence-electron chi connectivity index (χ2n) is 11.7. The SMILES string of the molecule is CN(C(=O)Cc1cccc(F)c1)[C@H]1CC[C@@]2(O)[C@@H]3Cc4ccc(O)c5c4[C@@]2(CCN3CC2CC2)[C@H]1O5. The number of aromatic hydroxyl groups is 1. The smallest absolute Gasteiger partial charge is 0.227 e. The van der Waals surface area contributed by atoms with Crippen LogP contribution >= 0.6 is 0 Å². The number of carbonyl (C=O) groups excluding carboxylic acids is 1. The zero-order chi connectivity index (χ0) is 24.8. The van der Waals surface area contributed by atoms with Crippen molar-refractivity contribution in [1.82, 2.24) is 9.80 Å². The molecule has 6 nitrogen and oxygen atoms in total. The molecule has 1 spiro atoms. The van der Waals surface area contributed by atoms with Gasteiger partial charge in [-0.1, -0.05) is 18.2 Å². The number of nitrogens with zero attached hydrogens (tertiary/aromatic N) is 2. The molecule has 0 aromatic heterocycles. The number of ether oxygens (including phenoxy) is 1. The predicted molar refractivity (Wildman–Crippen MR) is 131 cm³/mol. The highest BCUT2D eigenvalue weighted by molar-refractivity contribution is 5.79. The largest absolute Gasteiger partial charge is 0.504 e. The number of benzene rings is 2. The number of amides is 1. The molecule has 3 fully saturated rings. The van der Waals surface area contributed by atoms with E-state index in [9.17, 15) is 19.4 Å². The van der Waals surface area contributed by atoms with Crippen molar-refractivity contribution in [2.75, 3.05) is 20.1 Å².